The third kappa shape index (κ3) is 2.69. The maximum absolute atomic E-state index is 10.8. The highest BCUT2D eigenvalue weighted by Crippen LogP contribution is 2.54. The van der Waals surface area contributed by atoms with Gasteiger partial charge in [-0.05, 0) is 31.5 Å². The van der Waals surface area contributed by atoms with Gasteiger partial charge in [-0.1, -0.05) is 26.0 Å². The quantitative estimate of drug-likeness (QED) is 0.734. The molecule has 0 spiro atoms. The molecule has 5 nitrogen and oxygen atoms in total. The van der Waals surface area contributed by atoms with Gasteiger partial charge in [-0.15, -0.1) is 0 Å². The van der Waals surface area contributed by atoms with Gasteiger partial charge in [0.2, 0.25) is 0 Å². The lowest BCUT2D eigenvalue weighted by atomic mass is 9.60. The van der Waals surface area contributed by atoms with Gasteiger partial charge >= 0.3 is 0 Å². The molecule has 1 aromatic carbocycles. The van der Waals surface area contributed by atoms with E-state index in [1.54, 1.807) is 13.8 Å². The van der Waals surface area contributed by atoms with Crippen molar-refractivity contribution < 1.29 is 10.2 Å². The minimum absolute atomic E-state index is 0.00773. The number of fused-ring (bicyclic) bond motifs is 1. The number of nitrogens with one attached hydrogen (secondary N) is 1. The molecule has 0 radical (unpaired) electrons. The summed E-state index contributed by atoms with van der Waals surface area (Å²) in [6, 6.07) is 8.76. The van der Waals surface area contributed by atoms with Crippen LogP contribution in [0, 0.1) is 10.8 Å². The highest BCUT2D eigenvalue weighted by Gasteiger charge is 2.61. The number of hydrogen-bond donors (Lipinski definition) is 3. The molecule has 4 aliphatic heterocycles. The molecule has 4 bridgehead atoms. The van der Waals surface area contributed by atoms with Crippen LogP contribution in [0.1, 0.15) is 39.4 Å². The van der Waals surface area contributed by atoms with Gasteiger partial charge in [0.05, 0.1) is 12.3 Å². The highest BCUT2D eigenvalue weighted by molar-refractivity contribution is 5.83. The van der Waals surface area contributed by atoms with Gasteiger partial charge in [-0.3, -0.25) is 9.80 Å². The molecule has 0 aliphatic carbocycles. The second-order valence-electron chi connectivity index (χ2n) is 9.27. The van der Waals surface area contributed by atoms with Gasteiger partial charge in [0.25, 0.3) is 0 Å². The molecule has 142 valence electrons. The number of piperidine rings is 2. The molecule has 0 atom stereocenters. The van der Waals surface area contributed by atoms with Gasteiger partial charge in [-0.2, -0.15) is 0 Å². The minimum Gasteiger partial charge on any atom is -0.394 e. The molecule has 3 N–H and O–H groups in total. The molecule has 0 amide bonds. The summed E-state index contributed by atoms with van der Waals surface area (Å²) >= 11 is 0. The molecule has 6 rings (SSSR count). The van der Waals surface area contributed by atoms with E-state index in [1.165, 1.54) is 16.5 Å². The number of aromatic nitrogens is 1. The molecular weight excluding hydrogens is 326 g/mol. The van der Waals surface area contributed by atoms with E-state index < -0.39 is 0 Å². The second-order valence-corrected chi connectivity index (χ2v) is 9.27. The molecule has 5 heteroatoms. The Hall–Kier alpha value is -1.40. The molecule has 2 aromatic rings. The summed E-state index contributed by atoms with van der Waals surface area (Å²) in [6.45, 7) is 11.9. The van der Waals surface area contributed by atoms with Crippen LogP contribution in [-0.2, 0) is 0 Å². The maximum atomic E-state index is 10.8. The minimum atomic E-state index is -0.184. The predicted molar refractivity (Wildman–Crippen MR) is 104 cm³/mol. The number of rotatable bonds is 1. The molecule has 4 saturated heterocycles. The highest BCUT2D eigenvalue weighted by atomic mass is 16.3. The van der Waals surface area contributed by atoms with Crippen LogP contribution in [0.4, 0.5) is 0 Å². The van der Waals surface area contributed by atoms with Crippen LogP contribution >= 0.6 is 0 Å². The van der Waals surface area contributed by atoms with Crippen molar-refractivity contribution >= 4 is 10.9 Å². The second kappa shape index (κ2) is 6.06. The molecule has 5 heterocycles. The Bertz CT molecular complexity index is 759. The average molecular weight is 357 g/mol. The van der Waals surface area contributed by atoms with E-state index in [-0.39, 0.29) is 23.0 Å². The van der Waals surface area contributed by atoms with E-state index in [0.717, 1.165) is 26.2 Å². The Morgan fingerprint density at radius 2 is 1.58 bits per heavy atom. The van der Waals surface area contributed by atoms with Gasteiger partial charge in [-0.25, -0.2) is 0 Å². The Morgan fingerprint density at radius 3 is 2.12 bits per heavy atom. The van der Waals surface area contributed by atoms with E-state index in [9.17, 15) is 5.11 Å². The zero-order valence-electron chi connectivity index (χ0n) is 16.2. The van der Waals surface area contributed by atoms with E-state index in [1.807, 2.05) is 6.20 Å². The predicted octanol–water partition coefficient (Wildman–Crippen LogP) is 2.57. The molecule has 4 fully saturated rings. The average Bonchev–Trinajstić information content (AvgIpc) is 3.00. The lowest BCUT2D eigenvalue weighted by Crippen LogP contribution is -2.76. The summed E-state index contributed by atoms with van der Waals surface area (Å²) in [4.78, 5) is 8.50. The third-order valence-corrected chi connectivity index (χ3v) is 6.18. The monoisotopic (exact) mass is 357 g/mol. The molecule has 1 aromatic heterocycles. The third-order valence-electron chi connectivity index (χ3n) is 6.18. The molecule has 26 heavy (non-hydrogen) atoms. The first-order chi connectivity index (χ1) is 12.2. The number of aliphatic hydroxyl groups is 2. The number of benzene rings is 1. The Morgan fingerprint density at radius 1 is 1.04 bits per heavy atom. The Balaban J connectivity index is 0.000000385. The van der Waals surface area contributed by atoms with Crippen LogP contribution in [0.2, 0.25) is 0 Å². The lowest BCUT2D eigenvalue weighted by molar-refractivity contribution is -0.253. The molecule has 0 saturated carbocycles. The zero-order valence-corrected chi connectivity index (χ0v) is 16.2. The van der Waals surface area contributed by atoms with Crippen molar-refractivity contribution in [1.82, 2.24) is 14.8 Å². The van der Waals surface area contributed by atoms with Crippen LogP contribution in [0.5, 0.6) is 0 Å². The molecule has 0 unspecified atom stereocenters. The van der Waals surface area contributed by atoms with Gasteiger partial charge in [0.15, 0.2) is 0 Å². The van der Waals surface area contributed by atoms with Crippen LogP contribution in [0.3, 0.4) is 0 Å². The van der Waals surface area contributed by atoms with Crippen LogP contribution in [-0.4, -0.2) is 63.4 Å². The SMILES string of the molecule is CC(C)O.CC12CN3CC(C)(CN(C1)C3c1cccc3[nH]ccc13)C2O. The first kappa shape index (κ1) is 18.0. The number of nitrogens with zero attached hydrogens (tertiary/aromatic N) is 2. The molecule has 4 aliphatic rings. The fraction of sp³-hybridized carbons (Fsp3) is 0.619. The van der Waals surface area contributed by atoms with Crippen LogP contribution in [0.25, 0.3) is 10.9 Å². The number of aromatic amines is 1. The van der Waals surface area contributed by atoms with Crippen LogP contribution in [0.15, 0.2) is 30.5 Å². The fourth-order valence-corrected chi connectivity index (χ4v) is 5.56. The lowest BCUT2D eigenvalue weighted by Gasteiger charge is -2.68. The van der Waals surface area contributed by atoms with E-state index >= 15 is 0 Å². The summed E-state index contributed by atoms with van der Waals surface area (Å²) in [5, 5.41) is 20.2. The summed E-state index contributed by atoms with van der Waals surface area (Å²) in [7, 11) is 0. The Kier molecular flexibility index (Phi) is 4.19. The Labute approximate surface area is 155 Å². The molecular formula is C21H31N3O2. The number of H-pyrrole nitrogens is 1. The standard InChI is InChI=1S/C18H23N3O.C3H8O/c1-17-8-20-10-18(2,16(17)22)11-21(9-17)15(20)13-4-3-5-14-12(13)6-7-19-14;1-3(2)4/h3-7,15-16,19,22H,8-11H2,1-2H3;3-4H,1-2H3. The zero-order chi connectivity index (χ0) is 18.7. The van der Waals surface area contributed by atoms with E-state index in [2.05, 4.69) is 52.9 Å². The largest absolute Gasteiger partial charge is 0.394 e. The first-order valence-electron chi connectivity index (χ1n) is 9.64. The van der Waals surface area contributed by atoms with Gasteiger partial charge in [0.1, 0.15) is 0 Å². The topological polar surface area (TPSA) is 62.7 Å². The fourth-order valence-electron chi connectivity index (χ4n) is 5.56. The summed E-state index contributed by atoms with van der Waals surface area (Å²) in [5.74, 6) is 0. The maximum Gasteiger partial charge on any atom is 0.0893 e. The van der Waals surface area contributed by atoms with Crippen molar-refractivity contribution in [2.75, 3.05) is 26.2 Å². The van der Waals surface area contributed by atoms with Crippen molar-refractivity contribution in [3.05, 3.63) is 36.0 Å². The first-order valence-corrected chi connectivity index (χ1v) is 9.64. The van der Waals surface area contributed by atoms with Crippen molar-refractivity contribution in [3.8, 4) is 0 Å². The van der Waals surface area contributed by atoms with E-state index in [4.69, 9.17) is 5.11 Å². The van der Waals surface area contributed by atoms with Crippen molar-refractivity contribution in [3.63, 3.8) is 0 Å². The van der Waals surface area contributed by atoms with Crippen molar-refractivity contribution in [2.45, 2.75) is 46.1 Å². The van der Waals surface area contributed by atoms with Crippen molar-refractivity contribution in [2.24, 2.45) is 10.8 Å². The summed E-state index contributed by atoms with van der Waals surface area (Å²) in [5.41, 5.74) is 2.63. The summed E-state index contributed by atoms with van der Waals surface area (Å²) < 4.78 is 0. The van der Waals surface area contributed by atoms with Crippen molar-refractivity contribution in [1.29, 1.82) is 0 Å². The number of hydrogen-bond acceptors (Lipinski definition) is 4. The van der Waals surface area contributed by atoms with Gasteiger partial charge < -0.3 is 15.2 Å². The normalized spacial score (nSPS) is 40.7. The van der Waals surface area contributed by atoms with E-state index in [0.29, 0.717) is 6.17 Å². The smallest absolute Gasteiger partial charge is 0.0893 e. The van der Waals surface area contributed by atoms with Crippen LogP contribution < -0.4 is 0 Å². The summed E-state index contributed by atoms with van der Waals surface area (Å²) in [6.07, 6.45) is 2.03. The van der Waals surface area contributed by atoms with Gasteiger partial charge in [0, 0.05) is 60.2 Å². The number of aliphatic hydroxyl groups excluding tert-OH is 2.